The highest BCUT2D eigenvalue weighted by molar-refractivity contribution is 6.30. The number of hydrogen-bond donors (Lipinski definition) is 0. The molecule has 2 aromatic heterocycles. The molecule has 0 radical (unpaired) electrons. The topological polar surface area (TPSA) is 113 Å². The largest absolute Gasteiger partial charge is 0.470 e. The predicted molar refractivity (Wildman–Crippen MR) is 99.6 cm³/mol. The Balaban J connectivity index is 2.02. The van der Waals surface area contributed by atoms with Crippen molar-refractivity contribution in [2.24, 2.45) is 5.11 Å². The van der Waals surface area contributed by atoms with Gasteiger partial charge in [0.15, 0.2) is 0 Å². The summed E-state index contributed by atoms with van der Waals surface area (Å²) in [7, 11) is 1.53. The second kappa shape index (κ2) is 7.56. The zero-order chi connectivity index (χ0) is 19.6. The first kappa shape index (κ1) is 19.2. The Morgan fingerprint density at radius 2 is 2.19 bits per heavy atom. The zero-order valence-corrected chi connectivity index (χ0v) is 16.0. The maximum atomic E-state index is 11.3. The molecular formula is C17H19ClN6O3. The van der Waals surface area contributed by atoms with Crippen LogP contribution in [0, 0.1) is 0 Å². The van der Waals surface area contributed by atoms with E-state index in [2.05, 4.69) is 20.0 Å². The molecule has 3 heterocycles. The van der Waals surface area contributed by atoms with E-state index in [1.807, 2.05) is 0 Å². The summed E-state index contributed by atoms with van der Waals surface area (Å²) in [6, 6.07) is 1.68. The van der Waals surface area contributed by atoms with Gasteiger partial charge in [-0.3, -0.25) is 4.79 Å². The number of nitrogens with zero attached hydrogens (tertiary/aromatic N) is 6. The summed E-state index contributed by atoms with van der Waals surface area (Å²) in [5, 5.41) is 5.57. The number of rotatable bonds is 6. The number of halogens is 1. The Kier molecular flexibility index (Phi) is 5.36. The molecule has 1 aliphatic heterocycles. The third-order valence-corrected chi connectivity index (χ3v) is 4.75. The van der Waals surface area contributed by atoms with Gasteiger partial charge >= 0.3 is 0 Å². The smallest absolute Gasteiger partial charge is 0.223 e. The summed E-state index contributed by atoms with van der Waals surface area (Å²) in [5.74, 6) is 0.410. The van der Waals surface area contributed by atoms with Crippen molar-refractivity contribution < 1.29 is 14.3 Å². The summed E-state index contributed by atoms with van der Waals surface area (Å²) >= 11 is 6.09. The van der Waals surface area contributed by atoms with Gasteiger partial charge in [0, 0.05) is 31.3 Å². The van der Waals surface area contributed by atoms with E-state index in [0.717, 1.165) is 5.39 Å². The van der Waals surface area contributed by atoms with Crippen molar-refractivity contribution in [3.8, 4) is 5.88 Å². The monoisotopic (exact) mass is 390 g/mol. The Labute approximate surface area is 160 Å². The average Bonchev–Trinajstić information content (AvgIpc) is 2.57. The van der Waals surface area contributed by atoms with Crippen LogP contribution in [-0.4, -0.2) is 53.7 Å². The third kappa shape index (κ3) is 3.75. The molecule has 1 saturated heterocycles. The van der Waals surface area contributed by atoms with Crippen LogP contribution >= 0.6 is 11.6 Å². The number of amides is 1. The van der Waals surface area contributed by atoms with Crippen molar-refractivity contribution in [2.75, 3.05) is 26.8 Å². The van der Waals surface area contributed by atoms with Crippen molar-refractivity contribution >= 4 is 28.3 Å². The molecule has 3 rings (SSSR count). The van der Waals surface area contributed by atoms with Gasteiger partial charge in [-0.15, -0.1) is 0 Å². The lowest BCUT2D eigenvalue weighted by atomic mass is 9.91. The summed E-state index contributed by atoms with van der Waals surface area (Å²) in [4.78, 5) is 24.5. The average molecular weight is 391 g/mol. The minimum atomic E-state index is -0.972. The number of fused-ring (bicyclic) bond motifs is 1. The standard InChI is InChI=1S/C17H19ClN6O3/c1-10(25)24-7-11(8-24)27-16-13-5-20-15(18)4-12(13)14(6-21-16)17(2,9-26-3)22-23-19/h4-6,11H,7-9H2,1-3H3. The number of aromatic nitrogens is 2. The molecule has 2 aromatic rings. The predicted octanol–water partition coefficient (Wildman–Crippen LogP) is 3.06. The SMILES string of the molecule is COCC(C)(N=[N+]=[N-])c1cnc(OC2CN(C(C)=O)C2)c2cnc(Cl)cc12. The van der Waals surface area contributed by atoms with Gasteiger partial charge in [-0.05, 0) is 29.5 Å². The number of carbonyl (C=O) groups is 1. The summed E-state index contributed by atoms with van der Waals surface area (Å²) in [5.41, 5.74) is 8.67. The van der Waals surface area contributed by atoms with Gasteiger partial charge in [0.1, 0.15) is 11.3 Å². The van der Waals surface area contributed by atoms with Crippen molar-refractivity contribution in [1.82, 2.24) is 14.9 Å². The summed E-state index contributed by atoms with van der Waals surface area (Å²) < 4.78 is 11.2. The number of carbonyl (C=O) groups excluding carboxylic acids is 1. The van der Waals surface area contributed by atoms with Crippen molar-refractivity contribution in [2.45, 2.75) is 25.5 Å². The number of pyridine rings is 2. The molecule has 0 N–H and O–H groups in total. The molecule has 9 nitrogen and oxygen atoms in total. The number of methoxy groups -OCH3 is 1. The molecule has 1 aliphatic rings. The van der Waals surface area contributed by atoms with E-state index in [4.69, 9.17) is 26.6 Å². The first-order valence-electron chi connectivity index (χ1n) is 8.30. The van der Waals surface area contributed by atoms with E-state index in [1.165, 1.54) is 14.0 Å². The molecule has 0 spiro atoms. The summed E-state index contributed by atoms with van der Waals surface area (Å²) in [6.45, 7) is 4.49. The second-order valence-corrected chi connectivity index (χ2v) is 6.98. The lowest BCUT2D eigenvalue weighted by Gasteiger charge is -2.38. The van der Waals surface area contributed by atoms with Crippen LogP contribution in [0.2, 0.25) is 5.15 Å². The maximum absolute atomic E-state index is 11.3. The van der Waals surface area contributed by atoms with Crippen LogP contribution in [0.5, 0.6) is 5.88 Å². The van der Waals surface area contributed by atoms with Gasteiger partial charge in [-0.1, -0.05) is 16.7 Å². The zero-order valence-electron chi connectivity index (χ0n) is 15.2. The van der Waals surface area contributed by atoms with Crippen molar-refractivity contribution in [3.63, 3.8) is 0 Å². The Hall–Kier alpha value is -2.61. The molecule has 1 fully saturated rings. The van der Waals surface area contributed by atoms with Gasteiger partial charge in [0.05, 0.1) is 30.6 Å². The molecule has 0 aliphatic carbocycles. The Morgan fingerprint density at radius 3 is 2.81 bits per heavy atom. The molecular weight excluding hydrogens is 372 g/mol. The highest BCUT2D eigenvalue weighted by Gasteiger charge is 2.33. The highest BCUT2D eigenvalue weighted by Crippen LogP contribution is 2.36. The van der Waals surface area contributed by atoms with Gasteiger partial charge < -0.3 is 14.4 Å². The first-order valence-corrected chi connectivity index (χ1v) is 8.68. The Morgan fingerprint density at radius 1 is 1.44 bits per heavy atom. The van der Waals surface area contributed by atoms with Gasteiger partial charge in [0.25, 0.3) is 0 Å². The van der Waals surface area contributed by atoms with Crippen molar-refractivity contribution in [1.29, 1.82) is 0 Å². The third-order valence-electron chi connectivity index (χ3n) is 4.54. The van der Waals surface area contributed by atoms with Crippen LogP contribution < -0.4 is 4.74 Å². The quantitative estimate of drug-likeness (QED) is 0.325. The van der Waals surface area contributed by atoms with Crippen LogP contribution in [0.3, 0.4) is 0 Å². The molecule has 142 valence electrons. The van der Waals surface area contributed by atoms with E-state index in [9.17, 15) is 4.79 Å². The number of ether oxygens (including phenoxy) is 2. The molecule has 0 saturated carbocycles. The lowest BCUT2D eigenvalue weighted by Crippen LogP contribution is -2.55. The van der Waals surface area contributed by atoms with E-state index in [1.54, 1.807) is 30.3 Å². The summed E-state index contributed by atoms with van der Waals surface area (Å²) in [6.07, 6.45) is 3.05. The van der Waals surface area contributed by atoms with Crippen LogP contribution in [0.1, 0.15) is 19.4 Å². The van der Waals surface area contributed by atoms with E-state index in [-0.39, 0.29) is 18.6 Å². The van der Waals surface area contributed by atoms with Gasteiger partial charge in [-0.2, -0.15) is 0 Å². The lowest BCUT2D eigenvalue weighted by molar-refractivity contribution is -0.137. The number of likely N-dealkylation sites (tertiary alicyclic amines) is 1. The normalized spacial score (nSPS) is 16.4. The van der Waals surface area contributed by atoms with Gasteiger partial charge in [0.2, 0.25) is 11.8 Å². The molecule has 1 unspecified atom stereocenters. The first-order chi connectivity index (χ1) is 12.9. The maximum Gasteiger partial charge on any atom is 0.223 e. The minimum absolute atomic E-state index is 0.0150. The highest BCUT2D eigenvalue weighted by atomic mass is 35.5. The van der Waals surface area contributed by atoms with Crippen molar-refractivity contribution in [3.05, 3.63) is 39.6 Å². The van der Waals surface area contributed by atoms with E-state index >= 15 is 0 Å². The Bertz CT molecular complexity index is 926. The number of azide groups is 1. The number of hydrogen-bond acceptors (Lipinski definition) is 6. The molecule has 0 aromatic carbocycles. The fourth-order valence-corrected chi connectivity index (χ4v) is 3.23. The molecule has 27 heavy (non-hydrogen) atoms. The molecule has 1 amide bonds. The van der Waals surface area contributed by atoms with Gasteiger partial charge in [-0.25, -0.2) is 9.97 Å². The molecule has 10 heteroatoms. The minimum Gasteiger partial charge on any atom is -0.470 e. The van der Waals surface area contributed by atoms with E-state index in [0.29, 0.717) is 35.1 Å². The fourth-order valence-electron chi connectivity index (χ4n) is 3.08. The van der Waals surface area contributed by atoms with Crippen LogP contribution in [0.25, 0.3) is 21.2 Å². The second-order valence-electron chi connectivity index (χ2n) is 6.59. The van der Waals surface area contributed by atoms with Crippen LogP contribution in [-0.2, 0) is 15.1 Å². The van der Waals surface area contributed by atoms with Crippen LogP contribution in [0.15, 0.2) is 23.6 Å². The van der Waals surface area contributed by atoms with E-state index < -0.39 is 5.54 Å². The molecule has 0 bridgehead atoms. The molecule has 1 atom stereocenters. The fraction of sp³-hybridized carbons (Fsp3) is 0.471. The van der Waals surface area contributed by atoms with Crippen LogP contribution in [0.4, 0.5) is 0 Å².